The van der Waals surface area contributed by atoms with E-state index >= 15 is 0 Å². The lowest BCUT2D eigenvalue weighted by molar-refractivity contribution is 0.523. The summed E-state index contributed by atoms with van der Waals surface area (Å²) in [4.78, 5) is 10.2. The normalized spacial score (nSPS) is 29.9. The first kappa shape index (κ1) is 13.8. The minimum absolute atomic E-state index is 0.0509. The number of hydrogen-bond acceptors (Lipinski definition) is 6. The number of aromatic nitrogens is 2. The second-order valence-corrected chi connectivity index (χ2v) is 8.22. The molecule has 0 saturated carbocycles. The zero-order valence-electron chi connectivity index (χ0n) is 11.7. The van der Waals surface area contributed by atoms with Gasteiger partial charge in [0.05, 0.1) is 16.5 Å². The van der Waals surface area contributed by atoms with Crippen LogP contribution < -0.4 is 10.6 Å². The number of fused-ring (bicyclic) bond motifs is 2. The summed E-state index contributed by atoms with van der Waals surface area (Å²) in [6.07, 6.45) is 1.41. The summed E-state index contributed by atoms with van der Waals surface area (Å²) in [6, 6.07) is 3.98. The molecule has 6 nitrogen and oxygen atoms in total. The highest BCUT2D eigenvalue weighted by Gasteiger charge is 2.51. The summed E-state index contributed by atoms with van der Waals surface area (Å²) in [5, 5.41) is 0.134. The lowest BCUT2D eigenvalue weighted by Crippen LogP contribution is -2.33. The number of nitrogens with zero attached hydrogens (tertiary/aromatic N) is 3. The van der Waals surface area contributed by atoms with E-state index in [-0.39, 0.29) is 23.5 Å². The van der Waals surface area contributed by atoms with Crippen molar-refractivity contribution in [1.29, 1.82) is 0 Å². The third-order valence-corrected chi connectivity index (χ3v) is 6.89. The maximum atomic E-state index is 13.5. The Morgan fingerprint density at radius 3 is 2.86 bits per heavy atom. The first-order valence-corrected chi connectivity index (χ1v) is 8.79. The van der Waals surface area contributed by atoms with Crippen molar-refractivity contribution in [3.05, 3.63) is 30.3 Å². The first-order chi connectivity index (χ1) is 10.5. The van der Waals surface area contributed by atoms with Gasteiger partial charge < -0.3 is 10.6 Å². The van der Waals surface area contributed by atoms with E-state index in [1.54, 1.807) is 6.07 Å². The maximum absolute atomic E-state index is 13.5. The summed E-state index contributed by atoms with van der Waals surface area (Å²) in [5.74, 6) is 0.159. The first-order valence-electron chi connectivity index (χ1n) is 7.08. The van der Waals surface area contributed by atoms with Crippen molar-refractivity contribution < 1.29 is 12.8 Å². The highest BCUT2D eigenvalue weighted by Crippen LogP contribution is 2.36. The quantitative estimate of drug-likeness (QED) is 0.814. The molecule has 0 amide bonds. The Hall–Kier alpha value is -1.80. The molecule has 22 heavy (non-hydrogen) atoms. The third-order valence-electron chi connectivity index (χ3n) is 4.62. The van der Waals surface area contributed by atoms with Gasteiger partial charge in [-0.15, -0.1) is 0 Å². The van der Waals surface area contributed by atoms with Crippen molar-refractivity contribution in [2.45, 2.75) is 11.3 Å². The Balaban J connectivity index is 1.77. The maximum Gasteiger partial charge on any atom is 0.156 e. The van der Waals surface area contributed by atoms with Crippen LogP contribution in [0.1, 0.15) is 0 Å². The molecule has 2 fully saturated rings. The molecule has 8 heteroatoms. The van der Waals surface area contributed by atoms with E-state index in [0.717, 1.165) is 0 Å². The van der Waals surface area contributed by atoms with E-state index in [0.29, 0.717) is 29.8 Å². The van der Waals surface area contributed by atoms with E-state index in [4.69, 9.17) is 5.73 Å². The molecular formula is C14H15FN4O2S. The van der Waals surface area contributed by atoms with Crippen molar-refractivity contribution in [2.24, 2.45) is 11.7 Å². The number of rotatable bonds is 1. The van der Waals surface area contributed by atoms with Gasteiger partial charge in [0, 0.05) is 30.4 Å². The predicted octanol–water partition coefficient (Wildman–Crippen LogP) is 0.329. The Bertz CT molecular complexity index is 857. The molecule has 1 aromatic heterocycles. The molecule has 2 aliphatic heterocycles. The van der Waals surface area contributed by atoms with Crippen LogP contribution in [-0.4, -0.2) is 48.5 Å². The van der Waals surface area contributed by atoms with E-state index in [1.165, 1.54) is 18.5 Å². The van der Waals surface area contributed by atoms with Crippen LogP contribution in [0, 0.1) is 11.7 Å². The van der Waals surface area contributed by atoms with Gasteiger partial charge in [-0.1, -0.05) is 0 Å². The molecule has 4 rings (SSSR count). The fourth-order valence-electron chi connectivity index (χ4n) is 3.55. The van der Waals surface area contributed by atoms with Crippen LogP contribution in [0.15, 0.2) is 24.5 Å². The van der Waals surface area contributed by atoms with Gasteiger partial charge in [0.25, 0.3) is 0 Å². The average molecular weight is 322 g/mol. The number of halogens is 1. The van der Waals surface area contributed by atoms with Crippen LogP contribution in [-0.2, 0) is 9.84 Å². The molecule has 0 bridgehead atoms. The highest BCUT2D eigenvalue weighted by atomic mass is 32.2. The molecular weight excluding hydrogens is 307 g/mol. The van der Waals surface area contributed by atoms with Gasteiger partial charge in [-0.2, -0.15) is 0 Å². The summed E-state index contributed by atoms with van der Waals surface area (Å²) in [7, 11) is -3.16. The van der Waals surface area contributed by atoms with Gasteiger partial charge in [-0.25, -0.2) is 22.8 Å². The van der Waals surface area contributed by atoms with E-state index in [9.17, 15) is 12.8 Å². The van der Waals surface area contributed by atoms with Gasteiger partial charge in [-0.3, -0.25) is 0 Å². The van der Waals surface area contributed by atoms with Crippen LogP contribution in [0.5, 0.6) is 0 Å². The van der Waals surface area contributed by atoms with Crippen molar-refractivity contribution in [3.63, 3.8) is 0 Å². The van der Waals surface area contributed by atoms with Gasteiger partial charge in [0.1, 0.15) is 18.0 Å². The van der Waals surface area contributed by atoms with Crippen LogP contribution in [0.25, 0.3) is 10.9 Å². The molecule has 0 spiro atoms. The van der Waals surface area contributed by atoms with Gasteiger partial charge >= 0.3 is 0 Å². The smallest absolute Gasteiger partial charge is 0.156 e. The monoisotopic (exact) mass is 322 g/mol. The minimum Gasteiger partial charge on any atom is -0.354 e. The Kier molecular flexibility index (Phi) is 2.89. The molecule has 0 aliphatic carbocycles. The lowest BCUT2D eigenvalue weighted by Gasteiger charge is -2.20. The summed E-state index contributed by atoms with van der Waals surface area (Å²) >= 11 is 0. The van der Waals surface area contributed by atoms with Crippen LogP contribution >= 0.6 is 0 Å². The van der Waals surface area contributed by atoms with Crippen LogP contribution in [0.4, 0.5) is 10.2 Å². The average Bonchev–Trinajstić information content (AvgIpc) is 2.99. The van der Waals surface area contributed by atoms with Crippen molar-refractivity contribution in [1.82, 2.24) is 9.97 Å². The van der Waals surface area contributed by atoms with E-state index in [1.807, 2.05) is 4.90 Å². The standard InChI is InChI=1S/C14H15FN4O2S/c15-8-1-2-12-9(3-8)14(18-7-17-12)19-4-10-11(16)6-22(20,21)13(10)5-19/h1-3,7,10-11,13H,4-6,16H2/t10-,11+,13-/m0/s1. The molecule has 2 N–H and O–H groups in total. The van der Waals surface area contributed by atoms with Crippen LogP contribution in [0.3, 0.4) is 0 Å². The highest BCUT2D eigenvalue weighted by molar-refractivity contribution is 7.92. The molecule has 2 aliphatic rings. The van der Waals surface area contributed by atoms with Crippen molar-refractivity contribution in [3.8, 4) is 0 Å². The largest absolute Gasteiger partial charge is 0.354 e. The molecule has 2 saturated heterocycles. The predicted molar refractivity (Wildman–Crippen MR) is 80.7 cm³/mol. The number of nitrogens with two attached hydrogens (primary N) is 1. The molecule has 3 atom stereocenters. The Morgan fingerprint density at radius 2 is 2.09 bits per heavy atom. The van der Waals surface area contributed by atoms with Crippen LogP contribution in [0.2, 0.25) is 0 Å². The second-order valence-electron chi connectivity index (χ2n) is 5.96. The fraction of sp³-hybridized carbons (Fsp3) is 0.429. The molecule has 0 unspecified atom stereocenters. The Morgan fingerprint density at radius 1 is 1.27 bits per heavy atom. The zero-order chi connectivity index (χ0) is 15.5. The molecule has 1 aromatic carbocycles. The second kappa shape index (κ2) is 4.60. The number of hydrogen-bond donors (Lipinski definition) is 1. The topological polar surface area (TPSA) is 89.2 Å². The SMILES string of the molecule is N[C@@H]1CS(=O)(=O)[C@H]2CN(c3ncnc4ccc(F)cc34)C[C@@H]12. The van der Waals surface area contributed by atoms with Gasteiger partial charge in [0.15, 0.2) is 9.84 Å². The van der Waals surface area contributed by atoms with E-state index < -0.39 is 15.1 Å². The third kappa shape index (κ3) is 1.98. The van der Waals surface area contributed by atoms with Gasteiger partial charge in [0.2, 0.25) is 0 Å². The van der Waals surface area contributed by atoms with Crippen molar-refractivity contribution >= 4 is 26.6 Å². The number of benzene rings is 1. The molecule has 2 aromatic rings. The van der Waals surface area contributed by atoms with E-state index in [2.05, 4.69) is 9.97 Å². The van der Waals surface area contributed by atoms with Gasteiger partial charge in [-0.05, 0) is 18.2 Å². The zero-order valence-corrected chi connectivity index (χ0v) is 12.5. The summed E-state index contributed by atoms with van der Waals surface area (Å²) in [6.45, 7) is 0.872. The Labute approximate surface area is 127 Å². The fourth-order valence-corrected chi connectivity index (χ4v) is 5.80. The molecule has 3 heterocycles. The molecule has 116 valence electrons. The summed E-state index contributed by atoms with van der Waals surface area (Å²) in [5.41, 5.74) is 6.61. The summed E-state index contributed by atoms with van der Waals surface area (Å²) < 4.78 is 37.8. The minimum atomic E-state index is -3.16. The number of sulfone groups is 1. The lowest BCUT2D eigenvalue weighted by atomic mass is 10.0. The molecule has 0 radical (unpaired) electrons. The number of anilines is 1. The van der Waals surface area contributed by atoms with Crippen molar-refractivity contribution in [2.75, 3.05) is 23.7 Å².